The first-order valence-corrected chi connectivity index (χ1v) is 12.5. The molecule has 0 bridgehead atoms. The summed E-state index contributed by atoms with van der Waals surface area (Å²) in [4.78, 5) is 0. The third-order valence-electron chi connectivity index (χ3n) is 5.47. The number of methoxy groups -OCH3 is 1. The molecule has 0 amide bonds. The van der Waals surface area contributed by atoms with Crippen LogP contribution in [0.25, 0.3) is 10.9 Å². The van der Waals surface area contributed by atoms with E-state index in [0.29, 0.717) is 6.42 Å². The summed E-state index contributed by atoms with van der Waals surface area (Å²) in [5.74, 6) is 3.68. The lowest BCUT2D eigenvalue weighted by Gasteiger charge is -2.14. The van der Waals surface area contributed by atoms with Gasteiger partial charge in [0.25, 0.3) is 0 Å². The Labute approximate surface area is 195 Å². The van der Waals surface area contributed by atoms with Crippen LogP contribution in [-0.2, 0) is 23.0 Å². The van der Waals surface area contributed by atoms with E-state index < -0.39 is 10.0 Å². The van der Waals surface area contributed by atoms with Crippen molar-refractivity contribution >= 4 is 20.9 Å². The van der Waals surface area contributed by atoms with Crippen molar-refractivity contribution in [1.82, 2.24) is 8.87 Å². The second-order valence-electron chi connectivity index (χ2n) is 7.84. The molecule has 0 aliphatic carbocycles. The summed E-state index contributed by atoms with van der Waals surface area (Å²) in [6.45, 7) is 1.04. The zero-order valence-electron chi connectivity index (χ0n) is 18.7. The maximum Gasteiger partial charge on any atom is 0.238 e. The molecule has 168 valence electrons. The minimum atomic E-state index is -3.48. The molecule has 0 aliphatic heterocycles. The van der Waals surface area contributed by atoms with Crippen LogP contribution in [0.5, 0.6) is 5.75 Å². The molecule has 0 N–H and O–H groups in total. The van der Waals surface area contributed by atoms with E-state index in [9.17, 15) is 8.42 Å². The molecule has 3 aromatic carbocycles. The molecule has 1 aromatic heterocycles. The van der Waals surface area contributed by atoms with E-state index in [0.717, 1.165) is 34.3 Å². The molecule has 4 aromatic rings. The highest BCUT2D eigenvalue weighted by atomic mass is 32.2. The molecule has 0 unspecified atom stereocenters. The van der Waals surface area contributed by atoms with Crippen molar-refractivity contribution < 1.29 is 13.2 Å². The third-order valence-corrected chi connectivity index (χ3v) is 6.54. The van der Waals surface area contributed by atoms with Gasteiger partial charge in [-0.2, -0.15) is 0 Å². The molecule has 6 heteroatoms. The number of benzene rings is 3. The van der Waals surface area contributed by atoms with Gasteiger partial charge in [0.1, 0.15) is 5.75 Å². The minimum absolute atomic E-state index is 0.279. The maximum atomic E-state index is 12.4. The Morgan fingerprint density at radius 3 is 2.33 bits per heavy atom. The highest BCUT2D eigenvalue weighted by Crippen LogP contribution is 2.23. The molecule has 0 radical (unpaired) electrons. The summed E-state index contributed by atoms with van der Waals surface area (Å²) in [5.41, 5.74) is 4.17. The molecule has 0 atom stereocenters. The topological polar surface area (TPSA) is 51.5 Å². The Hall–Kier alpha value is -3.69. The van der Waals surface area contributed by atoms with Gasteiger partial charge in [-0.05, 0) is 53.8 Å². The van der Waals surface area contributed by atoms with E-state index in [1.807, 2.05) is 42.5 Å². The van der Waals surface area contributed by atoms with Gasteiger partial charge in [0.05, 0.1) is 13.4 Å². The summed E-state index contributed by atoms with van der Waals surface area (Å²) in [7, 11) is -1.88. The van der Waals surface area contributed by atoms with Crippen LogP contribution < -0.4 is 4.74 Å². The first kappa shape index (κ1) is 22.5. The largest absolute Gasteiger partial charge is 0.497 e. The minimum Gasteiger partial charge on any atom is -0.497 e. The molecule has 33 heavy (non-hydrogen) atoms. The Kier molecular flexibility index (Phi) is 6.71. The molecule has 0 saturated heterocycles. The number of hydrogen-bond donors (Lipinski definition) is 0. The van der Waals surface area contributed by atoms with E-state index >= 15 is 0 Å². The third kappa shape index (κ3) is 5.57. The first-order valence-electron chi connectivity index (χ1n) is 10.7. The lowest BCUT2D eigenvalue weighted by molar-refractivity contribution is 0.415. The van der Waals surface area contributed by atoms with E-state index in [-0.39, 0.29) is 6.54 Å². The lowest BCUT2D eigenvalue weighted by Crippen LogP contribution is -2.27. The molecule has 5 nitrogen and oxygen atoms in total. The fourth-order valence-electron chi connectivity index (χ4n) is 3.76. The van der Waals surface area contributed by atoms with Crippen molar-refractivity contribution in [3.63, 3.8) is 0 Å². The van der Waals surface area contributed by atoms with Crippen molar-refractivity contribution in [3.8, 4) is 17.7 Å². The van der Waals surface area contributed by atoms with Crippen LogP contribution in [0.15, 0.2) is 85.1 Å². The molecule has 1 heterocycles. The van der Waals surface area contributed by atoms with Gasteiger partial charge in [0, 0.05) is 41.8 Å². The van der Waals surface area contributed by atoms with Gasteiger partial charge < -0.3 is 9.30 Å². The van der Waals surface area contributed by atoms with Crippen molar-refractivity contribution in [2.24, 2.45) is 0 Å². The fourth-order valence-corrected chi connectivity index (χ4v) is 4.40. The second kappa shape index (κ2) is 9.85. The molecular formula is C27H26N2O3S. The summed E-state index contributed by atoms with van der Waals surface area (Å²) in [5, 5.41) is 1.13. The highest BCUT2D eigenvalue weighted by molar-refractivity contribution is 7.88. The Balaban J connectivity index is 1.57. The zero-order valence-corrected chi connectivity index (χ0v) is 19.5. The van der Waals surface area contributed by atoms with Crippen LogP contribution in [-0.4, -0.2) is 37.2 Å². The van der Waals surface area contributed by atoms with Crippen LogP contribution in [0.3, 0.4) is 0 Å². The van der Waals surface area contributed by atoms with Crippen molar-refractivity contribution in [2.75, 3.05) is 19.9 Å². The number of hydrogen-bond acceptors (Lipinski definition) is 3. The molecular weight excluding hydrogens is 432 g/mol. The smallest absolute Gasteiger partial charge is 0.238 e. The molecule has 0 saturated carbocycles. The van der Waals surface area contributed by atoms with Gasteiger partial charge in [0.2, 0.25) is 10.0 Å². The van der Waals surface area contributed by atoms with E-state index in [1.54, 1.807) is 19.2 Å². The standard InChI is InChI=1S/C27H26N2O3S/c1-32-25-14-12-22(13-15-25)16-18-29(33(2,30)31)19-17-24-21-28(20-23-8-4-3-5-9-23)27-11-7-6-10-26(24)27/h3-15,21H,17,19-20H2,1-2H3. The maximum absolute atomic E-state index is 12.4. The molecule has 0 spiro atoms. The van der Waals surface area contributed by atoms with Crippen LogP contribution >= 0.6 is 0 Å². The second-order valence-corrected chi connectivity index (χ2v) is 9.74. The molecule has 0 aliphatic rings. The number of rotatable bonds is 7. The van der Waals surface area contributed by atoms with Gasteiger partial charge >= 0.3 is 0 Å². The number of nitrogens with zero attached hydrogens (tertiary/aromatic N) is 2. The normalized spacial score (nSPS) is 11.1. The van der Waals surface area contributed by atoms with Gasteiger partial charge in [-0.1, -0.05) is 48.5 Å². The van der Waals surface area contributed by atoms with E-state index in [1.165, 1.54) is 16.1 Å². The Bertz CT molecular complexity index is 1400. The van der Waals surface area contributed by atoms with E-state index in [2.05, 4.69) is 47.0 Å². The average molecular weight is 459 g/mol. The average Bonchev–Trinajstić information content (AvgIpc) is 3.16. The van der Waals surface area contributed by atoms with Gasteiger partial charge in [-0.15, -0.1) is 0 Å². The number of para-hydroxylation sites is 1. The number of fused-ring (bicyclic) bond motifs is 1. The Morgan fingerprint density at radius 2 is 1.64 bits per heavy atom. The molecule has 4 rings (SSSR count). The Morgan fingerprint density at radius 1 is 0.939 bits per heavy atom. The number of aromatic nitrogens is 1. The SMILES string of the molecule is COc1ccc(C#CN(CCc2cn(Cc3ccccc3)c3ccccc23)S(C)(=O)=O)cc1. The first-order chi connectivity index (χ1) is 15.9. The zero-order chi connectivity index (χ0) is 23.3. The predicted molar refractivity (Wildman–Crippen MR) is 133 cm³/mol. The number of sulfonamides is 1. The predicted octanol–water partition coefficient (Wildman–Crippen LogP) is 4.51. The monoisotopic (exact) mass is 458 g/mol. The summed E-state index contributed by atoms with van der Waals surface area (Å²) in [6.07, 6.45) is 3.87. The lowest BCUT2D eigenvalue weighted by atomic mass is 10.1. The van der Waals surface area contributed by atoms with Gasteiger partial charge in [-0.25, -0.2) is 12.7 Å². The van der Waals surface area contributed by atoms with Crippen LogP contribution in [0, 0.1) is 12.0 Å². The van der Waals surface area contributed by atoms with Crippen molar-refractivity contribution in [2.45, 2.75) is 13.0 Å². The van der Waals surface area contributed by atoms with Gasteiger partial charge in [0.15, 0.2) is 0 Å². The van der Waals surface area contributed by atoms with Crippen molar-refractivity contribution in [1.29, 1.82) is 0 Å². The van der Waals surface area contributed by atoms with Crippen LogP contribution in [0.2, 0.25) is 0 Å². The van der Waals surface area contributed by atoms with Crippen molar-refractivity contribution in [3.05, 3.63) is 102 Å². The van der Waals surface area contributed by atoms with E-state index in [4.69, 9.17) is 4.74 Å². The van der Waals surface area contributed by atoms with Gasteiger partial charge in [-0.3, -0.25) is 0 Å². The van der Waals surface area contributed by atoms with Crippen LogP contribution in [0.1, 0.15) is 16.7 Å². The quantitative estimate of drug-likeness (QED) is 0.302. The number of ether oxygens (including phenoxy) is 1. The summed E-state index contributed by atoms with van der Waals surface area (Å²) >= 11 is 0. The van der Waals surface area contributed by atoms with Crippen LogP contribution in [0.4, 0.5) is 0 Å². The fraction of sp³-hybridized carbons (Fsp3) is 0.185. The summed E-state index contributed by atoms with van der Waals surface area (Å²) in [6, 6.07) is 28.6. The highest BCUT2D eigenvalue weighted by Gasteiger charge is 2.15. The molecule has 0 fully saturated rings. The summed E-state index contributed by atoms with van der Waals surface area (Å²) < 4.78 is 33.4.